The molecule has 0 spiro atoms. The summed E-state index contributed by atoms with van der Waals surface area (Å²) in [5, 5.41) is 9.27. The van der Waals surface area contributed by atoms with Crippen molar-refractivity contribution in [3.05, 3.63) is 47.2 Å². The van der Waals surface area contributed by atoms with Gasteiger partial charge < -0.3 is 10.1 Å². The van der Waals surface area contributed by atoms with Gasteiger partial charge in [0.1, 0.15) is 0 Å². The van der Waals surface area contributed by atoms with Gasteiger partial charge in [0.2, 0.25) is 0 Å². The van der Waals surface area contributed by atoms with E-state index in [0.29, 0.717) is 17.8 Å². The number of esters is 1. The van der Waals surface area contributed by atoms with Crippen molar-refractivity contribution in [3.63, 3.8) is 0 Å². The predicted octanol–water partition coefficient (Wildman–Crippen LogP) is 1.44. The van der Waals surface area contributed by atoms with Crippen molar-refractivity contribution in [3.8, 4) is 0 Å². The van der Waals surface area contributed by atoms with E-state index in [-0.39, 0.29) is 5.91 Å². The first-order valence-corrected chi connectivity index (χ1v) is 6.25. The fourth-order valence-corrected chi connectivity index (χ4v) is 2.17. The lowest BCUT2D eigenvalue weighted by Gasteiger charge is -2.23. The van der Waals surface area contributed by atoms with Crippen molar-refractivity contribution in [1.82, 2.24) is 10.2 Å². The molecule has 1 aliphatic rings. The monoisotopic (exact) mass is 271 g/mol. The number of amides is 1. The Morgan fingerprint density at radius 1 is 1.45 bits per heavy atom. The number of aromatic amines is 1. The van der Waals surface area contributed by atoms with Crippen molar-refractivity contribution >= 4 is 17.7 Å². The summed E-state index contributed by atoms with van der Waals surface area (Å²) in [5.74, 6) is -0.424. The summed E-state index contributed by atoms with van der Waals surface area (Å²) in [4.78, 5) is 23.9. The molecule has 0 aliphatic carbocycles. The molecule has 0 saturated carbocycles. The van der Waals surface area contributed by atoms with E-state index in [1.54, 1.807) is 18.2 Å². The van der Waals surface area contributed by atoms with E-state index < -0.39 is 12.1 Å². The van der Waals surface area contributed by atoms with Crippen LogP contribution in [0.3, 0.4) is 0 Å². The van der Waals surface area contributed by atoms with Gasteiger partial charge in [0.15, 0.2) is 11.9 Å². The van der Waals surface area contributed by atoms with Crippen LogP contribution in [0.25, 0.3) is 0 Å². The molecule has 2 aromatic rings. The van der Waals surface area contributed by atoms with Crippen LogP contribution in [-0.4, -0.2) is 28.2 Å². The molecule has 0 radical (unpaired) electrons. The van der Waals surface area contributed by atoms with Gasteiger partial charge in [-0.15, -0.1) is 0 Å². The zero-order chi connectivity index (χ0) is 14.1. The van der Waals surface area contributed by atoms with Crippen LogP contribution in [0.5, 0.6) is 0 Å². The Kier molecular flexibility index (Phi) is 2.98. The molecule has 1 aliphatic heterocycles. The van der Waals surface area contributed by atoms with E-state index >= 15 is 0 Å². The third-order valence-electron chi connectivity index (χ3n) is 3.14. The molecule has 1 atom stereocenters. The average molecular weight is 271 g/mol. The zero-order valence-electron chi connectivity index (χ0n) is 10.8. The fraction of sp³-hybridized carbons (Fsp3) is 0.214. The van der Waals surface area contributed by atoms with Crippen LogP contribution >= 0.6 is 0 Å². The molecule has 6 nitrogen and oxygen atoms in total. The molecule has 2 N–H and O–H groups in total. The first kappa shape index (κ1) is 12.4. The van der Waals surface area contributed by atoms with Crippen molar-refractivity contribution < 1.29 is 14.3 Å². The molecule has 2 heterocycles. The Labute approximate surface area is 115 Å². The van der Waals surface area contributed by atoms with Crippen LogP contribution in [0.4, 0.5) is 5.82 Å². The topological polar surface area (TPSA) is 84.1 Å². The van der Waals surface area contributed by atoms with E-state index in [4.69, 9.17) is 4.74 Å². The van der Waals surface area contributed by atoms with Gasteiger partial charge in [-0.1, -0.05) is 18.2 Å². The maximum absolute atomic E-state index is 12.1. The number of H-pyrrole nitrogens is 1. The zero-order valence-corrected chi connectivity index (χ0v) is 10.8. The van der Waals surface area contributed by atoms with Gasteiger partial charge in [0.05, 0.1) is 5.56 Å². The van der Waals surface area contributed by atoms with Crippen molar-refractivity contribution in [2.45, 2.75) is 19.4 Å². The third kappa shape index (κ3) is 2.27. The standard InChI is InChI=1S/C14H13N3O3/c1-8-6-12(17-16-8)15-13(18)11-7-9-4-2-3-5-10(9)14(19)20-11/h2-6,11H,7H2,1H3,(H2,15,16,17,18)/t11-/m1/s1. The summed E-state index contributed by atoms with van der Waals surface area (Å²) in [7, 11) is 0. The molecular weight excluding hydrogens is 258 g/mol. The number of hydrogen-bond donors (Lipinski definition) is 2. The van der Waals surface area contributed by atoms with Gasteiger partial charge in [-0.3, -0.25) is 9.89 Å². The maximum Gasteiger partial charge on any atom is 0.339 e. The molecule has 0 fully saturated rings. The van der Waals surface area contributed by atoms with E-state index in [9.17, 15) is 9.59 Å². The van der Waals surface area contributed by atoms with E-state index in [2.05, 4.69) is 15.5 Å². The lowest BCUT2D eigenvalue weighted by Crippen LogP contribution is -2.38. The summed E-state index contributed by atoms with van der Waals surface area (Å²) >= 11 is 0. The van der Waals surface area contributed by atoms with Crippen LogP contribution in [0, 0.1) is 6.92 Å². The molecule has 0 unspecified atom stereocenters. The number of fused-ring (bicyclic) bond motifs is 1. The number of nitrogens with one attached hydrogen (secondary N) is 2. The molecule has 1 amide bonds. The average Bonchev–Trinajstić information content (AvgIpc) is 2.84. The summed E-state index contributed by atoms with van der Waals surface area (Å²) in [6, 6.07) is 8.84. The first-order chi connectivity index (χ1) is 9.63. The van der Waals surface area contributed by atoms with Gasteiger partial charge in [0, 0.05) is 18.2 Å². The minimum Gasteiger partial charge on any atom is -0.448 e. The number of cyclic esters (lactones) is 1. The van der Waals surface area contributed by atoms with Crippen LogP contribution in [0.2, 0.25) is 0 Å². The van der Waals surface area contributed by atoms with Gasteiger partial charge in [-0.25, -0.2) is 4.79 Å². The molecule has 0 saturated heterocycles. The van der Waals surface area contributed by atoms with E-state index in [0.717, 1.165) is 11.3 Å². The Bertz CT molecular complexity index is 678. The molecular formula is C14H13N3O3. The first-order valence-electron chi connectivity index (χ1n) is 6.25. The van der Waals surface area contributed by atoms with Gasteiger partial charge in [0.25, 0.3) is 5.91 Å². The van der Waals surface area contributed by atoms with Crippen LogP contribution in [0.1, 0.15) is 21.6 Å². The number of benzene rings is 1. The number of ether oxygens (including phenoxy) is 1. The number of hydrogen-bond acceptors (Lipinski definition) is 4. The largest absolute Gasteiger partial charge is 0.448 e. The lowest BCUT2D eigenvalue weighted by atomic mass is 9.98. The Morgan fingerprint density at radius 2 is 2.25 bits per heavy atom. The number of nitrogens with zero attached hydrogens (tertiary/aromatic N) is 1. The van der Waals surface area contributed by atoms with E-state index in [1.807, 2.05) is 19.1 Å². The summed E-state index contributed by atoms with van der Waals surface area (Å²) in [6.07, 6.45) is -0.452. The van der Waals surface area contributed by atoms with Crippen molar-refractivity contribution in [2.24, 2.45) is 0 Å². The second-order valence-corrected chi connectivity index (χ2v) is 4.68. The number of anilines is 1. The quantitative estimate of drug-likeness (QED) is 0.809. The summed E-state index contributed by atoms with van der Waals surface area (Å²) in [6.45, 7) is 1.83. The molecule has 6 heteroatoms. The smallest absolute Gasteiger partial charge is 0.339 e. The minimum absolute atomic E-state index is 0.372. The number of aryl methyl sites for hydroxylation is 1. The Hall–Kier alpha value is -2.63. The summed E-state index contributed by atoms with van der Waals surface area (Å²) in [5.41, 5.74) is 2.18. The van der Waals surface area contributed by atoms with Crippen molar-refractivity contribution in [2.75, 3.05) is 5.32 Å². The molecule has 0 bridgehead atoms. The number of aromatic nitrogens is 2. The molecule has 20 heavy (non-hydrogen) atoms. The number of carbonyl (C=O) groups excluding carboxylic acids is 2. The second-order valence-electron chi connectivity index (χ2n) is 4.68. The van der Waals surface area contributed by atoms with Crippen LogP contribution in [0.15, 0.2) is 30.3 Å². The number of rotatable bonds is 2. The van der Waals surface area contributed by atoms with Gasteiger partial charge in [-0.2, -0.15) is 5.10 Å². The van der Waals surface area contributed by atoms with Crippen LogP contribution in [-0.2, 0) is 16.0 Å². The third-order valence-corrected chi connectivity index (χ3v) is 3.14. The molecule has 1 aromatic carbocycles. The lowest BCUT2D eigenvalue weighted by molar-refractivity contribution is -0.125. The fourth-order valence-electron chi connectivity index (χ4n) is 2.17. The van der Waals surface area contributed by atoms with Crippen LogP contribution < -0.4 is 5.32 Å². The predicted molar refractivity (Wildman–Crippen MR) is 71.3 cm³/mol. The highest BCUT2D eigenvalue weighted by atomic mass is 16.5. The van der Waals surface area contributed by atoms with E-state index in [1.165, 1.54) is 0 Å². The SMILES string of the molecule is Cc1cc(NC(=O)[C@H]2Cc3ccccc3C(=O)O2)n[nH]1. The molecule has 102 valence electrons. The normalized spacial score (nSPS) is 17.2. The van der Waals surface area contributed by atoms with Gasteiger partial charge in [-0.05, 0) is 18.6 Å². The minimum atomic E-state index is -0.825. The summed E-state index contributed by atoms with van der Waals surface area (Å²) < 4.78 is 5.16. The highest BCUT2D eigenvalue weighted by Gasteiger charge is 2.31. The highest BCUT2D eigenvalue weighted by Crippen LogP contribution is 2.21. The van der Waals surface area contributed by atoms with Gasteiger partial charge >= 0.3 is 5.97 Å². The Morgan fingerprint density at radius 3 is 3.00 bits per heavy atom. The highest BCUT2D eigenvalue weighted by molar-refractivity contribution is 5.99. The number of carbonyl (C=O) groups is 2. The molecule has 1 aromatic heterocycles. The second kappa shape index (κ2) is 4.80. The maximum atomic E-state index is 12.1. The molecule has 3 rings (SSSR count). The van der Waals surface area contributed by atoms with Crippen molar-refractivity contribution in [1.29, 1.82) is 0 Å². The Balaban J connectivity index is 1.76.